The Hall–Kier alpha value is -1.72. The number of nitro benzene ring substituents is 1. The zero-order valence-electron chi connectivity index (χ0n) is 10.7. The van der Waals surface area contributed by atoms with Crippen LogP contribution in [0.3, 0.4) is 0 Å². The van der Waals surface area contributed by atoms with Crippen LogP contribution >= 0.6 is 0 Å². The number of anilines is 1. The summed E-state index contributed by atoms with van der Waals surface area (Å²) in [4.78, 5) is 10.0. The van der Waals surface area contributed by atoms with Crippen molar-refractivity contribution in [2.75, 3.05) is 5.32 Å². The number of hydrogen-bond acceptors (Lipinski definition) is 3. The third-order valence-corrected chi connectivity index (χ3v) is 3.51. The first-order valence-corrected chi connectivity index (χ1v) is 6.37. The molecule has 0 radical (unpaired) electrons. The minimum absolute atomic E-state index is 0.0312. The molecule has 0 aromatic heterocycles. The average molecular weight is 270 g/mol. The molecule has 2 rings (SSSR count). The third-order valence-electron chi connectivity index (χ3n) is 3.51. The fraction of sp³-hybridized carbons (Fsp3) is 0.538. The van der Waals surface area contributed by atoms with Crippen molar-refractivity contribution in [2.45, 2.75) is 38.6 Å². The lowest BCUT2D eigenvalue weighted by atomic mass is 9.87. The highest BCUT2D eigenvalue weighted by Gasteiger charge is 2.25. The van der Waals surface area contributed by atoms with Crippen molar-refractivity contribution in [1.29, 1.82) is 0 Å². The van der Waals surface area contributed by atoms with Crippen molar-refractivity contribution in [3.8, 4) is 0 Å². The molecule has 0 aliphatic heterocycles. The predicted molar refractivity (Wildman–Crippen MR) is 68.1 cm³/mol. The Morgan fingerprint density at radius 3 is 2.74 bits per heavy atom. The first kappa shape index (κ1) is 13.7. The van der Waals surface area contributed by atoms with Crippen molar-refractivity contribution in [3.63, 3.8) is 0 Å². The molecule has 104 valence electrons. The quantitative estimate of drug-likeness (QED) is 0.670. The Morgan fingerprint density at radius 2 is 2.11 bits per heavy atom. The standard InChI is InChI=1S/C13H16F2N2O2/c1-8-3-2-4-10(5-8)16-12-7-9(14)6-11(15)13(12)17(18)19/h6-8,10,16H,2-5H2,1H3. The van der Waals surface area contributed by atoms with Crippen molar-refractivity contribution in [1.82, 2.24) is 0 Å². The lowest BCUT2D eigenvalue weighted by Gasteiger charge is -2.28. The normalized spacial score (nSPS) is 23.1. The van der Waals surface area contributed by atoms with E-state index >= 15 is 0 Å². The summed E-state index contributed by atoms with van der Waals surface area (Å²) in [6.07, 6.45) is 3.86. The highest BCUT2D eigenvalue weighted by Crippen LogP contribution is 2.32. The van der Waals surface area contributed by atoms with Gasteiger partial charge in [0.1, 0.15) is 11.5 Å². The van der Waals surface area contributed by atoms with Crippen LogP contribution in [-0.2, 0) is 0 Å². The molecule has 1 aromatic rings. The van der Waals surface area contributed by atoms with E-state index in [-0.39, 0.29) is 11.7 Å². The van der Waals surface area contributed by atoms with Crippen LogP contribution in [0.15, 0.2) is 12.1 Å². The van der Waals surface area contributed by atoms with Crippen molar-refractivity contribution < 1.29 is 13.7 Å². The Kier molecular flexibility index (Phi) is 3.97. The summed E-state index contributed by atoms with van der Waals surface area (Å²) >= 11 is 0. The van der Waals surface area contributed by atoms with Gasteiger partial charge in [-0.2, -0.15) is 4.39 Å². The number of rotatable bonds is 3. The van der Waals surface area contributed by atoms with Crippen LogP contribution in [0.1, 0.15) is 32.6 Å². The number of nitro groups is 1. The molecule has 0 saturated heterocycles. The summed E-state index contributed by atoms with van der Waals surface area (Å²) < 4.78 is 26.7. The number of hydrogen-bond donors (Lipinski definition) is 1. The lowest BCUT2D eigenvalue weighted by molar-refractivity contribution is -0.386. The summed E-state index contributed by atoms with van der Waals surface area (Å²) in [5.41, 5.74) is -0.749. The molecule has 1 aliphatic rings. The van der Waals surface area contributed by atoms with E-state index in [0.717, 1.165) is 31.7 Å². The first-order chi connectivity index (χ1) is 8.97. The van der Waals surface area contributed by atoms with Gasteiger partial charge in [-0.15, -0.1) is 0 Å². The molecular formula is C13H16F2N2O2. The molecule has 1 fully saturated rings. The first-order valence-electron chi connectivity index (χ1n) is 6.37. The van der Waals surface area contributed by atoms with E-state index in [2.05, 4.69) is 12.2 Å². The van der Waals surface area contributed by atoms with Gasteiger partial charge in [0.15, 0.2) is 0 Å². The van der Waals surface area contributed by atoms with Crippen LogP contribution in [-0.4, -0.2) is 11.0 Å². The maximum absolute atomic E-state index is 13.5. The minimum Gasteiger partial charge on any atom is -0.377 e. The summed E-state index contributed by atoms with van der Waals surface area (Å²) in [5, 5.41) is 13.8. The molecule has 1 saturated carbocycles. The van der Waals surface area contributed by atoms with Crippen LogP contribution < -0.4 is 5.32 Å². The van der Waals surface area contributed by atoms with Crippen LogP contribution in [0, 0.1) is 27.7 Å². The van der Waals surface area contributed by atoms with Gasteiger partial charge in [0.2, 0.25) is 5.82 Å². The number of nitrogens with zero attached hydrogens (tertiary/aromatic N) is 1. The maximum Gasteiger partial charge on any atom is 0.327 e. The van der Waals surface area contributed by atoms with Gasteiger partial charge in [0.05, 0.1) is 4.92 Å². The SMILES string of the molecule is CC1CCCC(Nc2cc(F)cc(F)c2[N+](=O)[O-])C1. The summed E-state index contributed by atoms with van der Waals surface area (Å²) in [7, 11) is 0. The van der Waals surface area contributed by atoms with Gasteiger partial charge in [-0.1, -0.05) is 19.8 Å². The Morgan fingerprint density at radius 1 is 1.37 bits per heavy atom. The average Bonchev–Trinajstić information content (AvgIpc) is 2.26. The molecule has 4 nitrogen and oxygen atoms in total. The topological polar surface area (TPSA) is 55.2 Å². The molecule has 1 N–H and O–H groups in total. The Labute approximate surface area is 110 Å². The zero-order valence-corrected chi connectivity index (χ0v) is 10.7. The summed E-state index contributed by atoms with van der Waals surface area (Å²) in [5.74, 6) is -1.44. The second-order valence-electron chi connectivity index (χ2n) is 5.15. The number of benzene rings is 1. The molecular weight excluding hydrogens is 254 g/mol. The smallest absolute Gasteiger partial charge is 0.327 e. The van der Waals surface area contributed by atoms with Gasteiger partial charge >= 0.3 is 5.69 Å². The van der Waals surface area contributed by atoms with Gasteiger partial charge in [0, 0.05) is 18.2 Å². The van der Waals surface area contributed by atoms with Gasteiger partial charge in [0.25, 0.3) is 0 Å². The molecule has 0 spiro atoms. The van der Waals surface area contributed by atoms with Crippen LogP contribution in [0.25, 0.3) is 0 Å². The van der Waals surface area contributed by atoms with E-state index in [1.165, 1.54) is 0 Å². The molecule has 0 bridgehead atoms. The highest BCUT2D eigenvalue weighted by atomic mass is 19.1. The second-order valence-corrected chi connectivity index (χ2v) is 5.15. The maximum atomic E-state index is 13.5. The molecule has 1 aliphatic carbocycles. The monoisotopic (exact) mass is 270 g/mol. The molecule has 19 heavy (non-hydrogen) atoms. The van der Waals surface area contributed by atoms with Gasteiger partial charge in [-0.3, -0.25) is 10.1 Å². The Bertz CT molecular complexity index is 494. The molecule has 1 aromatic carbocycles. The predicted octanol–water partition coefficient (Wildman–Crippen LogP) is 3.86. The fourth-order valence-electron chi connectivity index (χ4n) is 2.65. The minimum atomic E-state index is -1.14. The second kappa shape index (κ2) is 5.50. The van der Waals surface area contributed by atoms with Gasteiger partial charge in [-0.05, 0) is 18.8 Å². The summed E-state index contributed by atoms with van der Waals surface area (Å²) in [6.45, 7) is 2.11. The molecule has 6 heteroatoms. The largest absolute Gasteiger partial charge is 0.377 e. The van der Waals surface area contributed by atoms with Gasteiger partial charge in [-0.25, -0.2) is 4.39 Å². The van der Waals surface area contributed by atoms with E-state index in [4.69, 9.17) is 0 Å². The van der Waals surface area contributed by atoms with Crippen molar-refractivity contribution in [3.05, 3.63) is 33.9 Å². The summed E-state index contributed by atoms with van der Waals surface area (Å²) in [6, 6.07) is 1.55. The van der Waals surface area contributed by atoms with E-state index in [9.17, 15) is 18.9 Å². The van der Waals surface area contributed by atoms with E-state index in [1.54, 1.807) is 0 Å². The third kappa shape index (κ3) is 3.19. The molecule has 0 amide bonds. The van der Waals surface area contributed by atoms with E-state index in [1.807, 2.05) is 0 Å². The van der Waals surface area contributed by atoms with E-state index in [0.29, 0.717) is 12.0 Å². The molecule has 2 atom stereocenters. The molecule has 0 heterocycles. The number of halogens is 2. The zero-order chi connectivity index (χ0) is 14.0. The van der Waals surface area contributed by atoms with E-state index < -0.39 is 22.2 Å². The van der Waals surface area contributed by atoms with Crippen molar-refractivity contribution >= 4 is 11.4 Å². The van der Waals surface area contributed by atoms with Crippen LogP contribution in [0.2, 0.25) is 0 Å². The van der Waals surface area contributed by atoms with Crippen molar-refractivity contribution in [2.24, 2.45) is 5.92 Å². The number of nitrogens with one attached hydrogen (secondary N) is 1. The lowest BCUT2D eigenvalue weighted by Crippen LogP contribution is -2.26. The highest BCUT2D eigenvalue weighted by molar-refractivity contribution is 5.62. The van der Waals surface area contributed by atoms with Crippen LogP contribution in [0.5, 0.6) is 0 Å². The van der Waals surface area contributed by atoms with Gasteiger partial charge < -0.3 is 5.32 Å². The molecule has 2 unspecified atom stereocenters. The fourth-order valence-corrected chi connectivity index (χ4v) is 2.65. The van der Waals surface area contributed by atoms with Crippen LogP contribution in [0.4, 0.5) is 20.2 Å². The Balaban J connectivity index is 2.25.